The zero-order chi connectivity index (χ0) is 31.9. The van der Waals surface area contributed by atoms with Crippen molar-refractivity contribution in [1.82, 2.24) is 10.6 Å². The van der Waals surface area contributed by atoms with E-state index in [1.54, 1.807) is 0 Å². The minimum atomic E-state index is -1.85. The molecule has 0 saturated carbocycles. The largest absolute Gasteiger partial charge is 0.479 e. The first kappa shape index (κ1) is 39.2. The predicted molar refractivity (Wildman–Crippen MR) is 164 cm³/mol. The van der Waals surface area contributed by atoms with Crippen LogP contribution in [0.4, 0.5) is 0 Å². The summed E-state index contributed by atoms with van der Waals surface area (Å²) < 4.78 is 10.6. The van der Waals surface area contributed by atoms with Crippen molar-refractivity contribution in [3.8, 4) is 0 Å². The van der Waals surface area contributed by atoms with Gasteiger partial charge in [0, 0.05) is 13.0 Å². The van der Waals surface area contributed by atoms with Crippen molar-refractivity contribution in [2.75, 3.05) is 13.2 Å². The standard InChI is InChI=1S/C32H60N2O9/c1-3-5-7-9-11-13-15-17-19-21-25(35)34-24(30(39)33-22-20-18-16-14-12-10-8-6-4-2)23-42-32-28(38)26(36)27(37)29(43-32)31(40)41/h24,26-29,32,36-38H,3-23H2,1-2H3,(H,33,39)(H,34,35)(H,40,41)/t24-,26-,27-,28+,29-,32-/m0/s1. The van der Waals surface area contributed by atoms with E-state index < -0.39 is 55.2 Å². The van der Waals surface area contributed by atoms with Crippen LogP contribution < -0.4 is 10.6 Å². The number of ether oxygens (including phenoxy) is 2. The van der Waals surface area contributed by atoms with Gasteiger partial charge in [-0.25, -0.2) is 4.79 Å². The number of unbranched alkanes of at least 4 members (excludes halogenated alkanes) is 16. The van der Waals surface area contributed by atoms with Gasteiger partial charge in [0.05, 0.1) is 6.61 Å². The molecule has 0 bridgehead atoms. The fourth-order valence-corrected chi connectivity index (χ4v) is 5.20. The molecule has 43 heavy (non-hydrogen) atoms. The molecule has 1 rings (SSSR count). The molecule has 0 spiro atoms. The number of carboxylic acid groups (broad SMARTS) is 1. The third kappa shape index (κ3) is 17.3. The summed E-state index contributed by atoms with van der Waals surface area (Å²) in [5.74, 6) is -2.30. The number of hydrogen-bond acceptors (Lipinski definition) is 8. The quantitative estimate of drug-likeness (QED) is 0.0786. The van der Waals surface area contributed by atoms with Crippen molar-refractivity contribution in [2.45, 2.75) is 173 Å². The molecule has 2 amide bonds. The van der Waals surface area contributed by atoms with Gasteiger partial charge in [-0.3, -0.25) is 9.59 Å². The Labute approximate surface area is 258 Å². The third-order valence-corrected chi connectivity index (χ3v) is 7.98. The molecule has 1 heterocycles. The molecular formula is C32H60N2O9. The van der Waals surface area contributed by atoms with Crippen molar-refractivity contribution in [3.05, 3.63) is 0 Å². The van der Waals surface area contributed by atoms with Crippen LogP contribution in [0.2, 0.25) is 0 Å². The molecule has 6 N–H and O–H groups in total. The smallest absolute Gasteiger partial charge is 0.335 e. The molecule has 0 unspecified atom stereocenters. The van der Waals surface area contributed by atoms with Gasteiger partial charge in [-0.15, -0.1) is 0 Å². The molecule has 1 saturated heterocycles. The number of carboxylic acids is 1. The van der Waals surface area contributed by atoms with Crippen molar-refractivity contribution in [3.63, 3.8) is 0 Å². The Morgan fingerprint density at radius 2 is 1.19 bits per heavy atom. The van der Waals surface area contributed by atoms with Crippen molar-refractivity contribution in [2.24, 2.45) is 0 Å². The molecule has 1 fully saturated rings. The highest BCUT2D eigenvalue weighted by atomic mass is 16.7. The lowest BCUT2D eigenvalue weighted by molar-refractivity contribution is -0.294. The lowest BCUT2D eigenvalue weighted by Gasteiger charge is -2.38. The van der Waals surface area contributed by atoms with E-state index in [0.29, 0.717) is 13.0 Å². The maximum Gasteiger partial charge on any atom is 0.335 e. The van der Waals surface area contributed by atoms with Gasteiger partial charge in [-0.1, -0.05) is 117 Å². The van der Waals surface area contributed by atoms with E-state index in [1.807, 2.05) is 0 Å². The van der Waals surface area contributed by atoms with Crippen LogP contribution in [0.5, 0.6) is 0 Å². The maximum absolute atomic E-state index is 13.0. The SMILES string of the molecule is CCCCCCCCCCCNC(=O)[C@H](CO[C@H]1O[C@H](C(=O)O)[C@@H](O)[C@H](O)[C@H]1O)NC(=O)CCCCCCCCCCC. The van der Waals surface area contributed by atoms with Crippen LogP contribution in [0, 0.1) is 0 Å². The van der Waals surface area contributed by atoms with Crippen LogP contribution in [-0.4, -0.2) is 88.1 Å². The van der Waals surface area contributed by atoms with Crippen LogP contribution in [0.3, 0.4) is 0 Å². The van der Waals surface area contributed by atoms with Gasteiger partial charge in [0.1, 0.15) is 24.4 Å². The lowest BCUT2D eigenvalue weighted by atomic mass is 9.99. The monoisotopic (exact) mass is 616 g/mol. The van der Waals surface area contributed by atoms with Gasteiger partial charge >= 0.3 is 5.97 Å². The minimum absolute atomic E-state index is 0.256. The first-order valence-corrected chi connectivity index (χ1v) is 16.8. The van der Waals surface area contributed by atoms with Crippen molar-refractivity contribution >= 4 is 17.8 Å². The molecule has 0 aromatic rings. The second-order valence-corrected chi connectivity index (χ2v) is 11.9. The summed E-state index contributed by atoms with van der Waals surface area (Å²) >= 11 is 0. The second-order valence-electron chi connectivity index (χ2n) is 11.9. The van der Waals surface area contributed by atoms with Gasteiger partial charge in [0.2, 0.25) is 11.8 Å². The summed E-state index contributed by atoms with van der Waals surface area (Å²) in [5.41, 5.74) is 0. The Morgan fingerprint density at radius 1 is 0.698 bits per heavy atom. The topological polar surface area (TPSA) is 175 Å². The number of aliphatic carboxylic acids is 1. The highest BCUT2D eigenvalue weighted by Crippen LogP contribution is 2.22. The summed E-state index contributed by atoms with van der Waals surface area (Å²) in [4.78, 5) is 37.1. The fourth-order valence-electron chi connectivity index (χ4n) is 5.20. The Hall–Kier alpha value is -1.79. The van der Waals surface area contributed by atoms with Crippen LogP contribution >= 0.6 is 0 Å². The van der Waals surface area contributed by atoms with Gasteiger partial charge in [0.15, 0.2) is 12.4 Å². The number of amides is 2. The molecular weight excluding hydrogens is 556 g/mol. The number of carbonyl (C=O) groups excluding carboxylic acids is 2. The number of aliphatic hydroxyl groups is 3. The zero-order valence-electron chi connectivity index (χ0n) is 26.6. The summed E-state index contributed by atoms with van der Waals surface area (Å²) in [6, 6.07) is -1.10. The molecule has 1 aliphatic rings. The van der Waals surface area contributed by atoms with E-state index in [1.165, 1.54) is 70.6 Å². The van der Waals surface area contributed by atoms with Crippen LogP contribution in [-0.2, 0) is 23.9 Å². The van der Waals surface area contributed by atoms with E-state index in [0.717, 1.165) is 38.5 Å². The Kier molecular flexibility index (Phi) is 22.4. The Morgan fingerprint density at radius 3 is 1.70 bits per heavy atom. The second kappa shape index (κ2) is 24.5. The summed E-state index contributed by atoms with van der Waals surface area (Å²) in [6.45, 7) is 4.42. The maximum atomic E-state index is 13.0. The number of hydrogen-bond donors (Lipinski definition) is 6. The fraction of sp³-hybridized carbons (Fsp3) is 0.906. The van der Waals surface area contributed by atoms with E-state index >= 15 is 0 Å². The first-order chi connectivity index (χ1) is 20.7. The summed E-state index contributed by atoms with van der Waals surface area (Å²) in [5, 5.41) is 45.0. The van der Waals surface area contributed by atoms with Gasteiger partial charge < -0.3 is 40.5 Å². The number of rotatable bonds is 26. The van der Waals surface area contributed by atoms with E-state index in [-0.39, 0.29) is 12.3 Å². The van der Waals surface area contributed by atoms with Crippen molar-refractivity contribution in [1.29, 1.82) is 0 Å². The first-order valence-electron chi connectivity index (χ1n) is 16.8. The van der Waals surface area contributed by atoms with Crippen LogP contribution in [0.1, 0.15) is 136 Å². The molecule has 6 atom stereocenters. The van der Waals surface area contributed by atoms with Gasteiger partial charge in [-0.2, -0.15) is 0 Å². The lowest BCUT2D eigenvalue weighted by Crippen LogP contribution is -2.61. The number of nitrogens with one attached hydrogen (secondary N) is 2. The molecule has 11 nitrogen and oxygen atoms in total. The van der Waals surface area contributed by atoms with Crippen LogP contribution in [0.25, 0.3) is 0 Å². The van der Waals surface area contributed by atoms with E-state index in [4.69, 9.17) is 9.47 Å². The van der Waals surface area contributed by atoms with Gasteiger partial charge in [0.25, 0.3) is 0 Å². The molecule has 0 aromatic heterocycles. The number of carbonyl (C=O) groups is 3. The molecule has 0 aliphatic carbocycles. The molecule has 11 heteroatoms. The highest BCUT2D eigenvalue weighted by molar-refractivity contribution is 5.87. The zero-order valence-corrected chi connectivity index (χ0v) is 26.6. The van der Waals surface area contributed by atoms with E-state index in [2.05, 4.69) is 24.5 Å². The predicted octanol–water partition coefficient (Wildman–Crippen LogP) is 3.95. The third-order valence-electron chi connectivity index (χ3n) is 7.98. The molecule has 252 valence electrons. The van der Waals surface area contributed by atoms with Crippen molar-refractivity contribution < 1.29 is 44.3 Å². The van der Waals surface area contributed by atoms with Gasteiger partial charge in [-0.05, 0) is 12.8 Å². The van der Waals surface area contributed by atoms with Crippen LogP contribution in [0.15, 0.2) is 0 Å². The molecule has 0 radical (unpaired) electrons. The average Bonchev–Trinajstić information content (AvgIpc) is 2.98. The Bertz CT molecular complexity index is 754. The molecule has 0 aromatic carbocycles. The normalized spacial score (nSPS) is 22.7. The molecule has 1 aliphatic heterocycles. The average molecular weight is 617 g/mol. The van der Waals surface area contributed by atoms with E-state index in [9.17, 15) is 34.8 Å². The Balaban J connectivity index is 2.55. The minimum Gasteiger partial charge on any atom is -0.479 e. The number of aliphatic hydroxyl groups excluding tert-OH is 3. The summed E-state index contributed by atoms with van der Waals surface area (Å²) in [7, 11) is 0. The highest BCUT2D eigenvalue weighted by Gasteiger charge is 2.47. The summed E-state index contributed by atoms with van der Waals surface area (Å²) in [6.07, 6.45) is 11.8.